The van der Waals surface area contributed by atoms with Crippen LogP contribution < -0.4 is 5.32 Å². The summed E-state index contributed by atoms with van der Waals surface area (Å²) in [5.41, 5.74) is 1.35. The molecule has 0 saturated carbocycles. The quantitative estimate of drug-likeness (QED) is 0.878. The Morgan fingerprint density at radius 3 is 2.79 bits per heavy atom. The van der Waals surface area contributed by atoms with Crippen molar-refractivity contribution >= 4 is 11.6 Å². The number of aryl methyl sites for hydroxylation is 1. The first-order chi connectivity index (χ1) is 8.91. The Bertz CT molecular complexity index is 577. The number of aromatic amines is 1. The summed E-state index contributed by atoms with van der Waals surface area (Å²) in [4.78, 5) is 16.1. The summed E-state index contributed by atoms with van der Waals surface area (Å²) in [5.74, 6) is -0.183. The molecule has 2 aromatic rings. The number of carbonyl (C=O) groups excluding carboxylic acids is 1. The largest absolute Gasteiger partial charge is 0.316 e. The summed E-state index contributed by atoms with van der Waals surface area (Å²) >= 11 is 0. The molecule has 0 radical (unpaired) electrons. The van der Waals surface area contributed by atoms with Crippen molar-refractivity contribution < 1.29 is 4.79 Å². The molecular weight excluding hydrogens is 244 g/mol. The molecule has 2 N–H and O–H groups in total. The number of nitrogens with one attached hydrogen (secondary N) is 2. The van der Waals surface area contributed by atoms with Gasteiger partial charge in [0.25, 0.3) is 5.91 Å². The number of rotatable bonds is 3. The fraction of sp³-hybridized carbons (Fsp3) is 0.500. The molecule has 7 heteroatoms. The van der Waals surface area contributed by atoms with Crippen LogP contribution in [0.15, 0.2) is 12.5 Å². The fourth-order valence-electron chi connectivity index (χ4n) is 1.56. The maximum absolute atomic E-state index is 12.0. The van der Waals surface area contributed by atoms with Crippen LogP contribution in [-0.2, 0) is 12.0 Å². The van der Waals surface area contributed by atoms with Crippen molar-refractivity contribution in [2.45, 2.75) is 39.7 Å². The van der Waals surface area contributed by atoms with Gasteiger partial charge in [-0.2, -0.15) is 5.10 Å². The van der Waals surface area contributed by atoms with Crippen LogP contribution in [0.25, 0.3) is 0 Å². The molecule has 102 valence electrons. The topological polar surface area (TPSA) is 88.5 Å². The monoisotopic (exact) mass is 262 g/mol. The molecule has 7 nitrogen and oxygen atoms in total. The van der Waals surface area contributed by atoms with Gasteiger partial charge in [0.2, 0.25) is 5.82 Å². The molecule has 1 amide bonds. The van der Waals surface area contributed by atoms with Gasteiger partial charge in [-0.15, -0.1) is 5.10 Å². The second-order valence-electron chi connectivity index (χ2n) is 5.25. The smallest absolute Gasteiger partial charge is 0.295 e. The van der Waals surface area contributed by atoms with Crippen molar-refractivity contribution in [3.8, 4) is 0 Å². The fourth-order valence-corrected chi connectivity index (χ4v) is 1.56. The highest BCUT2D eigenvalue weighted by Crippen LogP contribution is 2.14. The van der Waals surface area contributed by atoms with Crippen LogP contribution in [0.1, 0.15) is 44.0 Å². The van der Waals surface area contributed by atoms with Crippen molar-refractivity contribution in [3.63, 3.8) is 0 Å². The van der Waals surface area contributed by atoms with E-state index in [0.717, 1.165) is 12.1 Å². The van der Waals surface area contributed by atoms with Crippen LogP contribution in [0.3, 0.4) is 0 Å². The van der Waals surface area contributed by atoms with Crippen LogP contribution in [0.2, 0.25) is 0 Å². The van der Waals surface area contributed by atoms with Crippen molar-refractivity contribution in [3.05, 3.63) is 24.0 Å². The number of aromatic nitrogens is 5. The molecule has 0 aliphatic carbocycles. The Kier molecular flexibility index (Phi) is 3.37. The molecule has 0 saturated heterocycles. The molecule has 0 fully saturated rings. The van der Waals surface area contributed by atoms with Crippen LogP contribution in [-0.4, -0.2) is 30.9 Å². The van der Waals surface area contributed by atoms with E-state index in [1.54, 1.807) is 17.2 Å². The van der Waals surface area contributed by atoms with E-state index in [9.17, 15) is 4.79 Å². The zero-order valence-electron chi connectivity index (χ0n) is 11.6. The third-order valence-electron chi connectivity index (χ3n) is 2.70. The molecular formula is C12H18N6O. The van der Waals surface area contributed by atoms with Gasteiger partial charge in [-0.25, -0.2) is 9.67 Å². The SMILES string of the molecule is CCc1[nH]ncc1NC(=O)c1ncn(C(C)(C)C)n1. The maximum atomic E-state index is 12.0. The summed E-state index contributed by atoms with van der Waals surface area (Å²) in [5, 5.41) is 13.7. The van der Waals surface area contributed by atoms with Crippen LogP contribution in [0.5, 0.6) is 0 Å². The number of anilines is 1. The third-order valence-corrected chi connectivity index (χ3v) is 2.70. The number of hydrogen-bond donors (Lipinski definition) is 2. The Labute approximate surface area is 111 Å². The van der Waals surface area contributed by atoms with E-state index in [2.05, 4.69) is 25.6 Å². The number of H-pyrrole nitrogens is 1. The standard InChI is InChI=1S/C12H18N6O/c1-5-8-9(6-14-16-8)15-11(19)10-13-7-18(17-10)12(2,3)4/h6-7H,5H2,1-4H3,(H,14,16)(H,15,19). The molecule has 0 bridgehead atoms. The Morgan fingerprint density at radius 1 is 1.47 bits per heavy atom. The van der Waals surface area contributed by atoms with Gasteiger partial charge in [-0.1, -0.05) is 6.92 Å². The van der Waals surface area contributed by atoms with Crippen molar-refractivity contribution in [2.24, 2.45) is 0 Å². The second-order valence-corrected chi connectivity index (χ2v) is 5.25. The molecule has 0 spiro atoms. The number of nitrogens with zero attached hydrogens (tertiary/aromatic N) is 4. The summed E-state index contributed by atoms with van der Waals surface area (Å²) < 4.78 is 1.66. The van der Waals surface area contributed by atoms with Crippen molar-refractivity contribution in [2.75, 3.05) is 5.32 Å². The Balaban J connectivity index is 2.15. The van der Waals surface area contributed by atoms with Crippen LogP contribution in [0, 0.1) is 0 Å². The van der Waals surface area contributed by atoms with E-state index in [1.165, 1.54) is 0 Å². The average Bonchev–Trinajstić information content (AvgIpc) is 2.95. The number of amides is 1. The minimum absolute atomic E-state index is 0.151. The van der Waals surface area contributed by atoms with E-state index in [1.807, 2.05) is 27.7 Å². The predicted molar refractivity (Wildman–Crippen MR) is 70.9 cm³/mol. The first-order valence-corrected chi connectivity index (χ1v) is 6.17. The van der Waals surface area contributed by atoms with Gasteiger partial charge in [0.05, 0.1) is 23.1 Å². The third kappa shape index (κ3) is 2.81. The summed E-state index contributed by atoms with van der Waals surface area (Å²) in [6.45, 7) is 7.97. The normalized spacial score (nSPS) is 11.6. The van der Waals surface area contributed by atoms with Gasteiger partial charge in [0.15, 0.2) is 0 Å². The minimum atomic E-state index is -0.334. The first-order valence-electron chi connectivity index (χ1n) is 6.17. The predicted octanol–water partition coefficient (Wildman–Crippen LogP) is 1.57. The molecule has 2 aromatic heterocycles. The molecule has 0 unspecified atom stereocenters. The molecule has 0 aliphatic rings. The summed E-state index contributed by atoms with van der Waals surface area (Å²) in [7, 11) is 0. The first kappa shape index (κ1) is 13.3. The number of carbonyl (C=O) groups is 1. The Hall–Kier alpha value is -2.18. The molecule has 2 heterocycles. The van der Waals surface area contributed by atoms with Gasteiger partial charge < -0.3 is 5.32 Å². The van der Waals surface area contributed by atoms with Crippen molar-refractivity contribution in [1.82, 2.24) is 25.0 Å². The van der Waals surface area contributed by atoms with Gasteiger partial charge in [-0.05, 0) is 27.2 Å². The highest BCUT2D eigenvalue weighted by atomic mass is 16.2. The van der Waals surface area contributed by atoms with E-state index in [-0.39, 0.29) is 17.3 Å². The molecule has 0 atom stereocenters. The lowest BCUT2D eigenvalue weighted by atomic mass is 10.1. The molecule has 0 aromatic carbocycles. The van der Waals surface area contributed by atoms with E-state index in [4.69, 9.17) is 0 Å². The van der Waals surface area contributed by atoms with E-state index >= 15 is 0 Å². The lowest BCUT2D eigenvalue weighted by molar-refractivity contribution is 0.101. The summed E-state index contributed by atoms with van der Waals surface area (Å²) in [6.07, 6.45) is 3.90. The zero-order chi connectivity index (χ0) is 14.0. The summed E-state index contributed by atoms with van der Waals surface area (Å²) in [6, 6.07) is 0. The van der Waals surface area contributed by atoms with Gasteiger partial charge in [0.1, 0.15) is 6.33 Å². The highest BCUT2D eigenvalue weighted by molar-refractivity contribution is 6.01. The van der Waals surface area contributed by atoms with Gasteiger partial charge in [0, 0.05) is 0 Å². The highest BCUT2D eigenvalue weighted by Gasteiger charge is 2.19. The van der Waals surface area contributed by atoms with Gasteiger partial charge in [-0.3, -0.25) is 9.89 Å². The van der Waals surface area contributed by atoms with E-state index < -0.39 is 0 Å². The minimum Gasteiger partial charge on any atom is -0.316 e. The zero-order valence-corrected chi connectivity index (χ0v) is 11.6. The van der Waals surface area contributed by atoms with Crippen molar-refractivity contribution in [1.29, 1.82) is 0 Å². The molecule has 2 rings (SSSR count). The maximum Gasteiger partial charge on any atom is 0.295 e. The molecule has 19 heavy (non-hydrogen) atoms. The molecule has 0 aliphatic heterocycles. The lowest BCUT2D eigenvalue weighted by Crippen LogP contribution is -2.23. The second kappa shape index (κ2) is 4.83. The van der Waals surface area contributed by atoms with Crippen LogP contribution in [0.4, 0.5) is 5.69 Å². The van der Waals surface area contributed by atoms with E-state index in [0.29, 0.717) is 5.69 Å². The van der Waals surface area contributed by atoms with Crippen LogP contribution >= 0.6 is 0 Å². The average molecular weight is 262 g/mol. The van der Waals surface area contributed by atoms with Gasteiger partial charge >= 0.3 is 0 Å². The number of hydrogen-bond acceptors (Lipinski definition) is 4. The lowest BCUT2D eigenvalue weighted by Gasteiger charge is -2.17. The Morgan fingerprint density at radius 2 is 2.21 bits per heavy atom.